The number of hydrogen-bond donors (Lipinski definition) is 2. The molecule has 1 aromatic heterocycles. The number of alkyl halides is 3. The Morgan fingerprint density at radius 2 is 1.73 bits per heavy atom. The number of benzene rings is 2. The normalized spacial score (nSPS) is 14.7. The lowest BCUT2D eigenvalue weighted by atomic mass is 9.96. The van der Waals surface area contributed by atoms with Crippen molar-refractivity contribution in [3.05, 3.63) is 59.9 Å². The predicted octanol–water partition coefficient (Wildman–Crippen LogP) is 6.98. The van der Waals surface area contributed by atoms with Gasteiger partial charge in [0.15, 0.2) is 0 Å². The number of ether oxygens (including phenoxy) is 1. The van der Waals surface area contributed by atoms with Crippen LogP contribution in [0, 0.1) is 12.7 Å². The molecule has 9 heteroatoms. The number of nitrogens with one attached hydrogen (secondary N) is 2. The molecule has 2 N–H and O–H groups in total. The molecule has 0 amide bonds. The number of aromatic nitrogens is 2. The summed E-state index contributed by atoms with van der Waals surface area (Å²) in [6.07, 6.45) is 0.614. The molecule has 1 aliphatic carbocycles. The Hall–Kier alpha value is -3.36. The Balaban J connectivity index is 1.69. The zero-order chi connectivity index (χ0) is 23.4. The fourth-order valence-corrected chi connectivity index (χ4v) is 3.89. The summed E-state index contributed by atoms with van der Waals surface area (Å²) >= 11 is 0. The van der Waals surface area contributed by atoms with Gasteiger partial charge in [0.2, 0.25) is 5.95 Å². The number of anilines is 3. The van der Waals surface area contributed by atoms with Crippen LogP contribution in [0.15, 0.2) is 48.5 Å². The number of hydrogen-bond acceptors (Lipinski definition) is 5. The fourth-order valence-electron chi connectivity index (χ4n) is 3.89. The van der Waals surface area contributed by atoms with Crippen LogP contribution in [0.5, 0.6) is 5.75 Å². The maximum absolute atomic E-state index is 14.0. The second-order valence-corrected chi connectivity index (χ2v) is 8.05. The summed E-state index contributed by atoms with van der Waals surface area (Å²) in [5.41, 5.74) is 1.81. The first-order valence-electron chi connectivity index (χ1n) is 10.8. The zero-order valence-electron chi connectivity index (χ0n) is 18.0. The van der Waals surface area contributed by atoms with Crippen molar-refractivity contribution in [3.8, 4) is 17.0 Å². The van der Waals surface area contributed by atoms with Crippen molar-refractivity contribution in [2.45, 2.75) is 51.4 Å². The van der Waals surface area contributed by atoms with E-state index in [-0.39, 0.29) is 17.6 Å². The molecule has 0 radical (unpaired) electrons. The Morgan fingerprint density at radius 1 is 0.970 bits per heavy atom. The second kappa shape index (κ2) is 9.64. The molecule has 1 aliphatic rings. The van der Waals surface area contributed by atoms with E-state index in [2.05, 4.69) is 25.3 Å². The molecule has 174 valence electrons. The van der Waals surface area contributed by atoms with E-state index in [0.717, 1.165) is 25.7 Å². The van der Waals surface area contributed by atoms with E-state index in [4.69, 9.17) is 0 Å². The molecule has 0 atom stereocenters. The van der Waals surface area contributed by atoms with Gasteiger partial charge in [0.1, 0.15) is 17.4 Å². The summed E-state index contributed by atoms with van der Waals surface area (Å²) in [7, 11) is 0. The smallest absolute Gasteiger partial charge is 0.406 e. The first-order chi connectivity index (χ1) is 15.8. The molecule has 3 aromatic rings. The Labute approximate surface area is 189 Å². The number of halogens is 4. The SMILES string of the molecule is Cc1c(F)cccc1Nc1cc(-c2cccc(OC(F)(F)F)c2)nc(NC2CCCCC2)n1. The molecule has 0 saturated heterocycles. The molecule has 2 aromatic carbocycles. The van der Waals surface area contributed by atoms with Crippen LogP contribution in [0.2, 0.25) is 0 Å². The molecule has 0 spiro atoms. The van der Waals surface area contributed by atoms with Gasteiger partial charge in [-0.15, -0.1) is 13.2 Å². The lowest BCUT2D eigenvalue weighted by Crippen LogP contribution is -2.23. The molecular weight excluding hydrogens is 436 g/mol. The van der Waals surface area contributed by atoms with Crippen LogP contribution in [0.1, 0.15) is 37.7 Å². The quantitative estimate of drug-likeness (QED) is 0.389. The summed E-state index contributed by atoms with van der Waals surface area (Å²) in [6, 6.07) is 12.1. The largest absolute Gasteiger partial charge is 0.573 e. The minimum Gasteiger partial charge on any atom is -0.406 e. The van der Waals surface area contributed by atoms with Crippen LogP contribution in [0.4, 0.5) is 35.0 Å². The van der Waals surface area contributed by atoms with Gasteiger partial charge in [-0.1, -0.05) is 37.5 Å². The Kier molecular flexibility index (Phi) is 6.67. The van der Waals surface area contributed by atoms with E-state index in [1.807, 2.05) is 0 Å². The van der Waals surface area contributed by atoms with Crippen molar-refractivity contribution in [1.29, 1.82) is 0 Å². The van der Waals surface area contributed by atoms with Crippen LogP contribution < -0.4 is 15.4 Å². The first kappa shape index (κ1) is 22.8. The maximum Gasteiger partial charge on any atom is 0.573 e. The second-order valence-electron chi connectivity index (χ2n) is 8.05. The molecular formula is C24H24F4N4O. The fraction of sp³-hybridized carbons (Fsp3) is 0.333. The van der Waals surface area contributed by atoms with E-state index < -0.39 is 6.36 Å². The van der Waals surface area contributed by atoms with Gasteiger partial charge in [-0.05, 0) is 44.0 Å². The molecule has 4 rings (SSSR count). The van der Waals surface area contributed by atoms with Crippen LogP contribution in [-0.4, -0.2) is 22.4 Å². The molecule has 0 unspecified atom stereocenters. The monoisotopic (exact) mass is 460 g/mol. The molecule has 33 heavy (non-hydrogen) atoms. The van der Waals surface area contributed by atoms with Gasteiger partial charge in [-0.25, -0.2) is 9.37 Å². The van der Waals surface area contributed by atoms with Crippen molar-refractivity contribution in [2.24, 2.45) is 0 Å². The molecule has 1 fully saturated rings. The van der Waals surface area contributed by atoms with Crippen molar-refractivity contribution in [3.63, 3.8) is 0 Å². The summed E-state index contributed by atoms with van der Waals surface area (Å²) < 4.78 is 56.1. The van der Waals surface area contributed by atoms with E-state index >= 15 is 0 Å². The Morgan fingerprint density at radius 3 is 2.48 bits per heavy atom. The van der Waals surface area contributed by atoms with E-state index in [1.54, 1.807) is 31.2 Å². The van der Waals surface area contributed by atoms with Gasteiger partial charge in [-0.3, -0.25) is 0 Å². The summed E-state index contributed by atoms with van der Waals surface area (Å²) in [6.45, 7) is 1.65. The minimum atomic E-state index is -4.79. The van der Waals surface area contributed by atoms with Crippen LogP contribution in [-0.2, 0) is 0 Å². The van der Waals surface area contributed by atoms with Crippen molar-refractivity contribution in [2.75, 3.05) is 10.6 Å². The third-order valence-electron chi connectivity index (χ3n) is 5.56. The van der Waals surface area contributed by atoms with Crippen LogP contribution >= 0.6 is 0 Å². The van der Waals surface area contributed by atoms with Gasteiger partial charge in [-0.2, -0.15) is 4.98 Å². The molecule has 0 bridgehead atoms. The minimum absolute atomic E-state index is 0.220. The highest BCUT2D eigenvalue weighted by atomic mass is 19.4. The lowest BCUT2D eigenvalue weighted by Gasteiger charge is -2.23. The zero-order valence-corrected chi connectivity index (χ0v) is 18.0. The summed E-state index contributed by atoms with van der Waals surface area (Å²) in [5, 5.41) is 6.46. The summed E-state index contributed by atoms with van der Waals surface area (Å²) in [5.74, 6) is 0.0648. The highest BCUT2D eigenvalue weighted by Crippen LogP contribution is 2.30. The van der Waals surface area contributed by atoms with E-state index in [9.17, 15) is 17.6 Å². The lowest BCUT2D eigenvalue weighted by molar-refractivity contribution is -0.274. The highest BCUT2D eigenvalue weighted by Gasteiger charge is 2.31. The first-order valence-corrected chi connectivity index (χ1v) is 10.8. The Bertz CT molecular complexity index is 1110. The van der Waals surface area contributed by atoms with E-state index in [0.29, 0.717) is 34.3 Å². The average Bonchev–Trinajstić information content (AvgIpc) is 2.76. The van der Waals surface area contributed by atoms with E-state index in [1.165, 1.54) is 30.7 Å². The third kappa shape index (κ3) is 6.12. The topological polar surface area (TPSA) is 59.1 Å². The van der Waals surface area contributed by atoms with Gasteiger partial charge >= 0.3 is 6.36 Å². The van der Waals surface area contributed by atoms with Crippen molar-refractivity contribution >= 4 is 17.5 Å². The predicted molar refractivity (Wildman–Crippen MR) is 119 cm³/mol. The molecule has 0 aliphatic heterocycles. The molecule has 1 heterocycles. The van der Waals surface area contributed by atoms with Crippen molar-refractivity contribution in [1.82, 2.24) is 9.97 Å². The standard InChI is InChI=1S/C24H24F4N4O/c1-15-19(25)11-6-12-20(15)30-22-14-21(16-7-5-10-18(13-16)33-24(26,27)28)31-23(32-22)29-17-8-3-2-4-9-17/h5-7,10-14,17H,2-4,8-9H2,1H3,(H2,29,30,31,32). The van der Waals surface area contributed by atoms with Gasteiger partial charge in [0.05, 0.1) is 5.69 Å². The molecule has 5 nitrogen and oxygen atoms in total. The average molecular weight is 460 g/mol. The summed E-state index contributed by atoms with van der Waals surface area (Å²) in [4.78, 5) is 9.08. The maximum atomic E-state index is 14.0. The van der Waals surface area contributed by atoms with Crippen molar-refractivity contribution < 1.29 is 22.3 Å². The highest BCUT2D eigenvalue weighted by molar-refractivity contribution is 5.69. The van der Waals surface area contributed by atoms with Crippen LogP contribution in [0.25, 0.3) is 11.3 Å². The van der Waals surface area contributed by atoms with Gasteiger partial charge in [0.25, 0.3) is 0 Å². The van der Waals surface area contributed by atoms with Gasteiger partial charge in [0, 0.05) is 28.9 Å². The third-order valence-corrected chi connectivity index (χ3v) is 5.56. The number of rotatable bonds is 6. The molecule has 1 saturated carbocycles. The van der Waals surface area contributed by atoms with Crippen LogP contribution in [0.3, 0.4) is 0 Å². The number of nitrogens with zero attached hydrogens (tertiary/aromatic N) is 2. The van der Waals surface area contributed by atoms with Gasteiger partial charge < -0.3 is 15.4 Å².